The van der Waals surface area contributed by atoms with Crippen LogP contribution in [0.5, 0.6) is 0 Å². The normalized spacial score (nSPS) is 17.5. The summed E-state index contributed by atoms with van der Waals surface area (Å²) in [6, 6.07) is 22.8. The fraction of sp³-hybridized carbons (Fsp3) is 0.424. The van der Waals surface area contributed by atoms with Crippen LogP contribution in [0.2, 0.25) is 0 Å². The molecule has 9 heteroatoms. The lowest BCUT2D eigenvalue weighted by Crippen LogP contribution is -2.50. The molecule has 0 radical (unpaired) electrons. The van der Waals surface area contributed by atoms with Gasteiger partial charge in [0, 0.05) is 50.2 Å². The molecule has 7 nitrogen and oxygen atoms in total. The minimum absolute atomic E-state index is 0. The maximum atomic E-state index is 13.8. The van der Waals surface area contributed by atoms with Crippen molar-refractivity contribution in [1.29, 1.82) is 0 Å². The summed E-state index contributed by atoms with van der Waals surface area (Å²) in [5.74, 6) is -0.178. The van der Waals surface area contributed by atoms with Crippen LogP contribution in [-0.2, 0) is 12.1 Å². The molecule has 3 heterocycles. The summed E-state index contributed by atoms with van der Waals surface area (Å²) in [4.78, 5) is 33.1. The molecule has 0 bridgehead atoms. The molecule has 0 atom stereocenters. The van der Waals surface area contributed by atoms with Crippen molar-refractivity contribution < 1.29 is 4.79 Å². The van der Waals surface area contributed by atoms with E-state index in [9.17, 15) is 9.59 Å². The SMILES string of the molecule is Cl.Cl.O=C(NCCn1c(=O)n(C2CCN(C3(c4ccccc4)CCCCCC3)CC2)c2ccccc21)c1cccnc1. The molecule has 1 aliphatic heterocycles. The van der Waals surface area contributed by atoms with Crippen LogP contribution >= 0.6 is 24.8 Å². The van der Waals surface area contributed by atoms with E-state index in [-0.39, 0.29) is 48.0 Å². The van der Waals surface area contributed by atoms with Gasteiger partial charge < -0.3 is 5.32 Å². The first kappa shape index (κ1) is 31.8. The van der Waals surface area contributed by atoms with E-state index in [1.807, 2.05) is 27.3 Å². The van der Waals surface area contributed by atoms with Gasteiger partial charge in [-0.1, -0.05) is 68.1 Å². The van der Waals surface area contributed by atoms with Crippen molar-refractivity contribution in [3.05, 3.63) is 101 Å². The highest BCUT2D eigenvalue weighted by molar-refractivity contribution is 5.93. The summed E-state index contributed by atoms with van der Waals surface area (Å²) in [6.45, 7) is 2.79. The van der Waals surface area contributed by atoms with Crippen molar-refractivity contribution >= 4 is 41.8 Å². The van der Waals surface area contributed by atoms with Gasteiger partial charge in [-0.3, -0.25) is 23.8 Å². The third-order valence-corrected chi connectivity index (χ3v) is 9.09. The molecule has 4 aromatic rings. The summed E-state index contributed by atoms with van der Waals surface area (Å²) in [7, 11) is 0. The number of amides is 1. The molecule has 1 N–H and O–H groups in total. The second kappa shape index (κ2) is 14.4. The number of rotatable bonds is 7. The van der Waals surface area contributed by atoms with Crippen molar-refractivity contribution in [2.24, 2.45) is 0 Å². The van der Waals surface area contributed by atoms with Crippen molar-refractivity contribution in [3.8, 4) is 0 Å². The van der Waals surface area contributed by atoms with E-state index in [4.69, 9.17) is 0 Å². The Morgan fingerprint density at radius 2 is 1.52 bits per heavy atom. The Balaban J connectivity index is 0.00000202. The van der Waals surface area contributed by atoms with Crippen molar-refractivity contribution in [2.45, 2.75) is 69.5 Å². The Kier molecular flexibility index (Phi) is 10.9. The largest absolute Gasteiger partial charge is 0.350 e. The quantitative estimate of drug-likeness (QED) is 0.248. The van der Waals surface area contributed by atoms with Crippen LogP contribution in [0.15, 0.2) is 83.9 Å². The number of likely N-dealkylation sites (tertiary alicyclic amines) is 1. The second-order valence-corrected chi connectivity index (χ2v) is 11.3. The fourth-order valence-corrected chi connectivity index (χ4v) is 7.08. The van der Waals surface area contributed by atoms with Gasteiger partial charge in [-0.25, -0.2) is 4.79 Å². The lowest BCUT2D eigenvalue weighted by Gasteiger charge is -2.47. The van der Waals surface area contributed by atoms with Crippen LogP contribution < -0.4 is 11.0 Å². The van der Waals surface area contributed by atoms with Crippen molar-refractivity contribution in [1.82, 2.24) is 24.3 Å². The number of aromatic nitrogens is 3. The summed E-state index contributed by atoms with van der Waals surface area (Å²) in [5, 5.41) is 2.94. The van der Waals surface area contributed by atoms with Gasteiger partial charge in [0.15, 0.2) is 0 Å². The number of carbonyl (C=O) groups is 1. The molecule has 1 amide bonds. The van der Waals surface area contributed by atoms with E-state index >= 15 is 0 Å². The first-order chi connectivity index (χ1) is 19.7. The number of pyridine rings is 1. The number of nitrogens with zero attached hydrogens (tertiary/aromatic N) is 4. The highest BCUT2D eigenvalue weighted by Gasteiger charge is 2.40. The topological polar surface area (TPSA) is 72.2 Å². The average Bonchev–Trinajstić information content (AvgIpc) is 3.14. The first-order valence-electron chi connectivity index (χ1n) is 14.9. The van der Waals surface area contributed by atoms with Gasteiger partial charge in [-0.15, -0.1) is 24.8 Å². The molecule has 1 aliphatic carbocycles. The van der Waals surface area contributed by atoms with Gasteiger partial charge in [-0.2, -0.15) is 0 Å². The Bertz CT molecular complexity index is 1490. The van der Waals surface area contributed by atoms with Gasteiger partial charge in [0.25, 0.3) is 5.91 Å². The van der Waals surface area contributed by atoms with Gasteiger partial charge >= 0.3 is 5.69 Å². The summed E-state index contributed by atoms with van der Waals surface area (Å²) in [6.07, 6.45) is 12.7. The Morgan fingerprint density at radius 1 is 0.857 bits per heavy atom. The van der Waals surface area contributed by atoms with Gasteiger partial charge in [0.1, 0.15) is 0 Å². The number of imidazole rings is 1. The smallest absolute Gasteiger partial charge is 0.329 e. The maximum Gasteiger partial charge on any atom is 0.329 e. The van der Waals surface area contributed by atoms with Crippen LogP contribution in [0.4, 0.5) is 0 Å². The molecule has 1 saturated carbocycles. The average molecular weight is 611 g/mol. The third-order valence-electron chi connectivity index (χ3n) is 9.09. The van der Waals surface area contributed by atoms with E-state index in [2.05, 4.69) is 51.6 Å². The van der Waals surface area contributed by atoms with Gasteiger partial charge in [0.05, 0.1) is 16.6 Å². The lowest BCUT2D eigenvalue weighted by molar-refractivity contribution is 0.0354. The van der Waals surface area contributed by atoms with Gasteiger partial charge in [0.2, 0.25) is 0 Å². The Hall–Kier alpha value is -3.13. The minimum atomic E-state index is -0.178. The molecule has 224 valence electrons. The zero-order valence-electron chi connectivity index (χ0n) is 24.0. The molecule has 2 fully saturated rings. The van der Waals surface area contributed by atoms with E-state index in [1.165, 1.54) is 44.1 Å². The number of nitrogens with one attached hydrogen (secondary N) is 1. The van der Waals surface area contributed by atoms with Crippen molar-refractivity contribution in [2.75, 3.05) is 19.6 Å². The third kappa shape index (κ3) is 6.29. The van der Waals surface area contributed by atoms with Crippen LogP contribution in [0.1, 0.15) is 73.3 Å². The summed E-state index contributed by atoms with van der Waals surface area (Å²) >= 11 is 0. The van der Waals surface area contributed by atoms with E-state index < -0.39 is 0 Å². The number of fused-ring (bicyclic) bond motifs is 1. The number of piperidine rings is 1. The molecule has 1 saturated heterocycles. The number of hydrogen-bond acceptors (Lipinski definition) is 4. The Morgan fingerprint density at radius 3 is 2.19 bits per heavy atom. The summed E-state index contributed by atoms with van der Waals surface area (Å²) in [5.41, 5.74) is 4.01. The molecule has 2 aromatic carbocycles. The monoisotopic (exact) mass is 609 g/mol. The van der Waals surface area contributed by atoms with Crippen LogP contribution in [0.25, 0.3) is 11.0 Å². The molecule has 2 aromatic heterocycles. The van der Waals surface area contributed by atoms with Crippen LogP contribution in [0.3, 0.4) is 0 Å². The van der Waals surface area contributed by atoms with E-state index in [0.717, 1.165) is 37.0 Å². The fourth-order valence-electron chi connectivity index (χ4n) is 7.08. The standard InChI is InChI=1S/C33H39N5O2.2ClH/c39-31(26-11-10-20-34-25-26)35-21-24-37-29-14-6-7-15-30(29)38(32(37)40)28-16-22-36(23-17-28)33(18-8-1-2-9-19-33)27-12-4-3-5-13-27;;/h3-7,10-15,20,25,28H,1-2,8-9,16-19,21-24H2,(H,35,39);2*1H. The zero-order chi connectivity index (χ0) is 27.4. The number of hydrogen-bond donors (Lipinski definition) is 1. The molecule has 42 heavy (non-hydrogen) atoms. The van der Waals surface area contributed by atoms with E-state index in [0.29, 0.717) is 18.7 Å². The van der Waals surface area contributed by atoms with Crippen LogP contribution in [0, 0.1) is 0 Å². The number of halogens is 2. The summed E-state index contributed by atoms with van der Waals surface area (Å²) < 4.78 is 3.85. The molecule has 0 spiro atoms. The second-order valence-electron chi connectivity index (χ2n) is 11.3. The molecule has 0 unspecified atom stereocenters. The molecule has 2 aliphatic rings. The number of carbonyl (C=O) groups excluding carboxylic acids is 1. The number of para-hydroxylation sites is 2. The Labute approximate surface area is 260 Å². The maximum absolute atomic E-state index is 13.8. The van der Waals surface area contributed by atoms with Crippen molar-refractivity contribution in [3.63, 3.8) is 0 Å². The molecule has 6 rings (SSSR count). The molecular formula is C33H41Cl2N5O2. The highest BCUT2D eigenvalue weighted by Crippen LogP contribution is 2.43. The van der Waals surface area contributed by atoms with Gasteiger partial charge in [-0.05, 0) is 55.5 Å². The first-order valence-corrected chi connectivity index (χ1v) is 14.9. The number of benzene rings is 2. The minimum Gasteiger partial charge on any atom is -0.350 e. The highest BCUT2D eigenvalue weighted by atomic mass is 35.5. The van der Waals surface area contributed by atoms with E-state index in [1.54, 1.807) is 24.5 Å². The molecular weight excluding hydrogens is 569 g/mol. The predicted molar refractivity (Wildman–Crippen MR) is 173 cm³/mol. The van der Waals surface area contributed by atoms with Crippen LogP contribution in [-0.4, -0.2) is 44.6 Å². The lowest BCUT2D eigenvalue weighted by atomic mass is 9.79. The zero-order valence-corrected chi connectivity index (χ0v) is 25.6. The predicted octanol–water partition coefficient (Wildman–Crippen LogP) is 6.36.